The summed E-state index contributed by atoms with van der Waals surface area (Å²) >= 11 is 0. The summed E-state index contributed by atoms with van der Waals surface area (Å²) in [6.07, 6.45) is 4.44. The minimum Gasteiger partial charge on any atom is -0.291 e. The molecule has 0 fully saturated rings. The number of aryl methyl sites for hydroxylation is 1. The van der Waals surface area contributed by atoms with Crippen LogP contribution in [0.4, 0.5) is 5.95 Å². The van der Waals surface area contributed by atoms with E-state index >= 15 is 0 Å². The molecule has 17 heavy (non-hydrogen) atoms. The van der Waals surface area contributed by atoms with Gasteiger partial charge in [-0.2, -0.15) is 0 Å². The Bertz CT molecular complexity index is 465. The van der Waals surface area contributed by atoms with Crippen molar-refractivity contribution in [2.45, 2.75) is 32.6 Å². The van der Waals surface area contributed by atoms with E-state index in [4.69, 9.17) is 0 Å². The average Bonchev–Trinajstić information content (AvgIpc) is 2.53. The van der Waals surface area contributed by atoms with E-state index in [1.54, 1.807) is 6.92 Å². The predicted molar refractivity (Wildman–Crippen MR) is 67.1 cm³/mol. The number of nitrogens with zero attached hydrogens (tertiary/aromatic N) is 2. The summed E-state index contributed by atoms with van der Waals surface area (Å²) < 4.78 is 0. The molecule has 2 heterocycles. The molecule has 3 N–H and O–H groups in total. The van der Waals surface area contributed by atoms with Crippen LogP contribution in [0.5, 0.6) is 0 Å². The molecule has 0 amide bonds. The van der Waals surface area contributed by atoms with E-state index in [0.717, 1.165) is 31.6 Å². The van der Waals surface area contributed by atoms with E-state index in [9.17, 15) is 4.79 Å². The Morgan fingerprint density at radius 3 is 3.00 bits per heavy atom. The van der Waals surface area contributed by atoms with Gasteiger partial charge in [0, 0.05) is 24.7 Å². The van der Waals surface area contributed by atoms with Crippen molar-refractivity contribution < 1.29 is 0 Å². The Morgan fingerprint density at radius 1 is 1.29 bits per heavy atom. The Labute approximate surface area is 99.5 Å². The van der Waals surface area contributed by atoms with Gasteiger partial charge in [-0.25, -0.2) is 4.98 Å². The standard InChI is InChI=1S/C11H17N5O/c1-8-7-10(17)14-11(13-8)16-15-9-5-3-2-4-6-12-9/h7H,2-6H2,1H3,(H,12,15)(H2,13,14,16,17). The van der Waals surface area contributed by atoms with Crippen molar-refractivity contribution in [3.05, 3.63) is 22.1 Å². The average molecular weight is 235 g/mol. The summed E-state index contributed by atoms with van der Waals surface area (Å²) in [5, 5.41) is 0. The van der Waals surface area contributed by atoms with Gasteiger partial charge in [-0.1, -0.05) is 6.42 Å². The third kappa shape index (κ3) is 3.58. The van der Waals surface area contributed by atoms with Crippen molar-refractivity contribution >= 4 is 11.8 Å². The smallest absolute Gasteiger partial charge is 0.252 e. The van der Waals surface area contributed by atoms with Crippen LogP contribution in [-0.2, 0) is 0 Å². The van der Waals surface area contributed by atoms with Crippen LogP contribution in [0.3, 0.4) is 0 Å². The van der Waals surface area contributed by atoms with Crippen molar-refractivity contribution in [1.29, 1.82) is 0 Å². The molecule has 0 saturated heterocycles. The number of rotatable bonds is 2. The van der Waals surface area contributed by atoms with E-state index in [-0.39, 0.29) is 5.56 Å². The van der Waals surface area contributed by atoms with Gasteiger partial charge in [0.2, 0.25) is 5.95 Å². The Kier molecular flexibility index (Phi) is 3.74. The second-order valence-electron chi connectivity index (χ2n) is 4.12. The van der Waals surface area contributed by atoms with Crippen LogP contribution in [0, 0.1) is 6.92 Å². The highest BCUT2D eigenvalue weighted by Gasteiger charge is 2.04. The summed E-state index contributed by atoms with van der Waals surface area (Å²) in [6.45, 7) is 2.64. The molecular formula is C11H17N5O. The summed E-state index contributed by atoms with van der Waals surface area (Å²) in [4.78, 5) is 22.4. The van der Waals surface area contributed by atoms with E-state index in [0.29, 0.717) is 11.6 Å². The Balaban J connectivity index is 1.97. The lowest BCUT2D eigenvalue weighted by molar-refractivity contribution is 0.729. The quantitative estimate of drug-likeness (QED) is 0.667. The molecule has 0 saturated carbocycles. The molecule has 0 bridgehead atoms. The largest absolute Gasteiger partial charge is 0.291 e. The maximum atomic E-state index is 11.2. The van der Waals surface area contributed by atoms with Gasteiger partial charge in [0.1, 0.15) is 5.84 Å². The second-order valence-corrected chi connectivity index (χ2v) is 4.12. The number of hydrazine groups is 1. The zero-order valence-electron chi connectivity index (χ0n) is 9.92. The third-order valence-electron chi connectivity index (χ3n) is 2.57. The second kappa shape index (κ2) is 5.47. The number of hydrogen-bond acceptors (Lipinski definition) is 5. The van der Waals surface area contributed by atoms with Gasteiger partial charge in [0.25, 0.3) is 5.56 Å². The molecular weight excluding hydrogens is 218 g/mol. The van der Waals surface area contributed by atoms with Crippen LogP contribution < -0.4 is 16.4 Å². The first-order chi connectivity index (χ1) is 8.24. The minimum absolute atomic E-state index is 0.162. The summed E-state index contributed by atoms with van der Waals surface area (Å²) in [6, 6.07) is 1.45. The topological polar surface area (TPSA) is 82.2 Å². The molecule has 1 aliphatic rings. The lowest BCUT2D eigenvalue weighted by atomic mass is 10.2. The fourth-order valence-electron chi connectivity index (χ4n) is 1.75. The molecule has 0 spiro atoms. The van der Waals surface area contributed by atoms with Gasteiger partial charge in [-0.3, -0.25) is 25.6 Å². The van der Waals surface area contributed by atoms with Crippen LogP contribution >= 0.6 is 0 Å². The van der Waals surface area contributed by atoms with E-state index < -0.39 is 0 Å². The van der Waals surface area contributed by atoms with Gasteiger partial charge in [-0.05, 0) is 19.8 Å². The van der Waals surface area contributed by atoms with Gasteiger partial charge >= 0.3 is 0 Å². The predicted octanol–water partition coefficient (Wildman–Crippen LogP) is 0.967. The molecule has 0 aromatic carbocycles. The van der Waals surface area contributed by atoms with Crippen molar-refractivity contribution in [2.24, 2.45) is 4.99 Å². The Morgan fingerprint density at radius 2 is 2.18 bits per heavy atom. The van der Waals surface area contributed by atoms with Crippen LogP contribution in [0.25, 0.3) is 0 Å². The third-order valence-corrected chi connectivity index (χ3v) is 2.57. The van der Waals surface area contributed by atoms with Crippen LogP contribution in [0.2, 0.25) is 0 Å². The molecule has 0 aliphatic carbocycles. The number of aromatic nitrogens is 2. The molecule has 0 atom stereocenters. The number of anilines is 1. The fourth-order valence-corrected chi connectivity index (χ4v) is 1.75. The summed E-state index contributed by atoms with van der Waals surface area (Å²) in [5.74, 6) is 1.34. The first-order valence-electron chi connectivity index (χ1n) is 5.87. The first kappa shape index (κ1) is 11.6. The lowest BCUT2D eigenvalue weighted by Crippen LogP contribution is -2.31. The minimum atomic E-state index is -0.162. The number of hydrogen-bond donors (Lipinski definition) is 3. The maximum absolute atomic E-state index is 11.2. The monoisotopic (exact) mass is 235 g/mol. The molecule has 1 aromatic rings. The van der Waals surface area contributed by atoms with Gasteiger partial charge in [-0.15, -0.1) is 0 Å². The highest BCUT2D eigenvalue weighted by Crippen LogP contribution is 2.06. The molecule has 92 valence electrons. The number of aliphatic imine (C=N–C) groups is 1. The molecule has 1 aliphatic heterocycles. The van der Waals surface area contributed by atoms with Crippen molar-refractivity contribution in [1.82, 2.24) is 15.4 Å². The normalized spacial score (nSPS) is 15.9. The van der Waals surface area contributed by atoms with E-state index in [2.05, 4.69) is 25.8 Å². The van der Waals surface area contributed by atoms with Crippen LogP contribution in [-0.4, -0.2) is 22.3 Å². The number of amidine groups is 1. The lowest BCUT2D eigenvalue weighted by Gasteiger charge is -2.10. The van der Waals surface area contributed by atoms with E-state index in [1.807, 2.05) is 0 Å². The first-order valence-corrected chi connectivity index (χ1v) is 5.87. The number of aromatic amines is 1. The summed E-state index contributed by atoms with van der Waals surface area (Å²) in [7, 11) is 0. The van der Waals surface area contributed by atoms with Crippen molar-refractivity contribution in [2.75, 3.05) is 12.0 Å². The van der Waals surface area contributed by atoms with Crippen molar-refractivity contribution in [3.8, 4) is 0 Å². The molecule has 0 unspecified atom stereocenters. The molecule has 1 aromatic heterocycles. The van der Waals surface area contributed by atoms with Gasteiger partial charge in [0.05, 0.1) is 0 Å². The molecule has 0 radical (unpaired) electrons. The Hall–Kier alpha value is -1.85. The number of H-pyrrole nitrogens is 1. The van der Waals surface area contributed by atoms with Gasteiger partial charge in [0.15, 0.2) is 0 Å². The highest BCUT2D eigenvalue weighted by molar-refractivity contribution is 5.83. The van der Waals surface area contributed by atoms with Gasteiger partial charge < -0.3 is 0 Å². The van der Waals surface area contributed by atoms with E-state index in [1.165, 1.54) is 12.5 Å². The SMILES string of the molecule is Cc1cc(=O)[nH]c(NNC2=NCCCCC2)n1. The zero-order chi connectivity index (χ0) is 12.1. The van der Waals surface area contributed by atoms with Crippen LogP contribution in [0.1, 0.15) is 31.4 Å². The molecule has 6 nitrogen and oxygen atoms in total. The highest BCUT2D eigenvalue weighted by atomic mass is 16.1. The molecule has 2 rings (SSSR count). The zero-order valence-corrected chi connectivity index (χ0v) is 9.92. The number of nitrogens with one attached hydrogen (secondary N) is 3. The molecule has 6 heteroatoms. The summed E-state index contributed by atoms with van der Waals surface area (Å²) in [5.41, 5.74) is 6.39. The van der Waals surface area contributed by atoms with Crippen molar-refractivity contribution in [3.63, 3.8) is 0 Å². The van der Waals surface area contributed by atoms with Crippen LogP contribution in [0.15, 0.2) is 15.9 Å². The fraction of sp³-hybridized carbons (Fsp3) is 0.545. The maximum Gasteiger partial charge on any atom is 0.252 e.